The first-order chi connectivity index (χ1) is 13.5. The molecule has 4 nitrogen and oxygen atoms in total. The van der Waals surface area contributed by atoms with E-state index in [1.54, 1.807) is 0 Å². The highest BCUT2D eigenvalue weighted by molar-refractivity contribution is 6.02. The lowest BCUT2D eigenvalue weighted by molar-refractivity contribution is -0.127. The standard InChI is InChI=1S/C24H34N2O2/c1-17(2)16-25-22(27)21-19-12-6-7-13-20(19)23(28)26(18-10-4-3-5-11-18)24(21)14-8-9-15-24/h6-7,12-13,17-18,21H,3-5,8-11,14-16H2,1-2H3,(H,25,27)/t21-/m1/s1. The van der Waals surface area contributed by atoms with Gasteiger partial charge in [0.25, 0.3) is 5.91 Å². The van der Waals surface area contributed by atoms with E-state index in [0.29, 0.717) is 12.5 Å². The smallest absolute Gasteiger partial charge is 0.254 e. The molecule has 28 heavy (non-hydrogen) atoms. The van der Waals surface area contributed by atoms with Crippen LogP contribution in [-0.4, -0.2) is 34.8 Å². The summed E-state index contributed by atoms with van der Waals surface area (Å²) in [6.07, 6.45) is 9.91. The van der Waals surface area contributed by atoms with Crippen molar-refractivity contribution in [3.63, 3.8) is 0 Å². The average molecular weight is 383 g/mol. The van der Waals surface area contributed by atoms with Crippen molar-refractivity contribution in [2.75, 3.05) is 6.54 Å². The maximum atomic E-state index is 13.7. The Morgan fingerprint density at radius 1 is 1.11 bits per heavy atom. The van der Waals surface area contributed by atoms with E-state index in [1.165, 1.54) is 19.3 Å². The van der Waals surface area contributed by atoms with E-state index in [4.69, 9.17) is 0 Å². The maximum Gasteiger partial charge on any atom is 0.254 e. The van der Waals surface area contributed by atoms with E-state index in [1.807, 2.05) is 24.3 Å². The van der Waals surface area contributed by atoms with Gasteiger partial charge in [0.2, 0.25) is 5.91 Å². The predicted molar refractivity (Wildman–Crippen MR) is 111 cm³/mol. The topological polar surface area (TPSA) is 49.4 Å². The Morgan fingerprint density at radius 3 is 2.46 bits per heavy atom. The van der Waals surface area contributed by atoms with Crippen molar-refractivity contribution in [3.8, 4) is 0 Å². The van der Waals surface area contributed by atoms with Crippen molar-refractivity contribution < 1.29 is 9.59 Å². The molecule has 0 bridgehead atoms. The van der Waals surface area contributed by atoms with Gasteiger partial charge in [0.1, 0.15) is 0 Å². The molecular weight excluding hydrogens is 348 g/mol. The second-order valence-corrected chi connectivity index (χ2v) is 9.44. The number of carbonyl (C=O) groups is 2. The highest BCUT2D eigenvalue weighted by Gasteiger charge is 2.57. The third kappa shape index (κ3) is 3.25. The summed E-state index contributed by atoms with van der Waals surface area (Å²) in [6.45, 7) is 4.93. The molecule has 1 aromatic rings. The fraction of sp³-hybridized carbons (Fsp3) is 0.667. The van der Waals surface area contributed by atoms with Crippen LogP contribution in [0, 0.1) is 5.92 Å². The lowest BCUT2D eigenvalue weighted by Crippen LogP contribution is -2.63. The van der Waals surface area contributed by atoms with Gasteiger partial charge in [-0.1, -0.05) is 64.2 Å². The molecule has 0 aromatic heterocycles. The average Bonchev–Trinajstić information content (AvgIpc) is 3.17. The number of carbonyl (C=O) groups excluding carboxylic acids is 2. The molecule has 1 N–H and O–H groups in total. The van der Waals surface area contributed by atoms with Crippen LogP contribution < -0.4 is 5.32 Å². The number of fused-ring (bicyclic) bond motifs is 1. The first kappa shape index (κ1) is 19.5. The van der Waals surface area contributed by atoms with Gasteiger partial charge >= 0.3 is 0 Å². The Bertz CT molecular complexity index is 730. The first-order valence-corrected chi connectivity index (χ1v) is 11.2. The number of nitrogens with zero attached hydrogens (tertiary/aromatic N) is 1. The SMILES string of the molecule is CC(C)CNC(=O)[C@H]1c2ccccc2C(=O)N(C2CCCCC2)C12CCCC2. The fourth-order valence-electron chi connectivity index (χ4n) is 5.88. The molecular formula is C24H34N2O2. The molecule has 1 heterocycles. The largest absolute Gasteiger partial charge is 0.355 e. The van der Waals surface area contributed by atoms with Crippen LogP contribution in [0.15, 0.2) is 24.3 Å². The molecule has 4 rings (SSSR count). The molecule has 2 fully saturated rings. The molecule has 2 amide bonds. The third-order valence-electron chi connectivity index (χ3n) is 7.09. The Labute approximate surface area is 169 Å². The van der Waals surface area contributed by atoms with Gasteiger partial charge in [0.05, 0.1) is 11.5 Å². The fourth-order valence-corrected chi connectivity index (χ4v) is 5.88. The van der Waals surface area contributed by atoms with Crippen molar-refractivity contribution in [3.05, 3.63) is 35.4 Å². The summed E-state index contributed by atoms with van der Waals surface area (Å²) in [6, 6.07) is 8.15. The quantitative estimate of drug-likeness (QED) is 0.824. The molecule has 152 valence electrons. The molecule has 4 heteroatoms. The van der Waals surface area contributed by atoms with Gasteiger partial charge in [-0.25, -0.2) is 0 Å². The van der Waals surface area contributed by atoms with Crippen LogP contribution in [0.25, 0.3) is 0 Å². The minimum Gasteiger partial charge on any atom is -0.355 e. The van der Waals surface area contributed by atoms with Crippen LogP contribution in [0.2, 0.25) is 0 Å². The summed E-state index contributed by atoms with van der Waals surface area (Å²) in [7, 11) is 0. The van der Waals surface area contributed by atoms with Gasteiger partial charge in [-0.05, 0) is 43.2 Å². The lowest BCUT2D eigenvalue weighted by atomic mass is 9.69. The zero-order valence-electron chi connectivity index (χ0n) is 17.4. The zero-order chi connectivity index (χ0) is 19.7. The second-order valence-electron chi connectivity index (χ2n) is 9.44. The van der Waals surface area contributed by atoms with E-state index in [9.17, 15) is 9.59 Å². The van der Waals surface area contributed by atoms with Crippen molar-refractivity contribution in [2.45, 2.75) is 89.1 Å². The summed E-state index contributed by atoms with van der Waals surface area (Å²) in [5.41, 5.74) is 1.35. The Morgan fingerprint density at radius 2 is 1.79 bits per heavy atom. The van der Waals surface area contributed by atoms with Crippen molar-refractivity contribution >= 4 is 11.8 Å². The molecule has 1 aromatic carbocycles. The van der Waals surface area contributed by atoms with Crippen LogP contribution in [0.5, 0.6) is 0 Å². The summed E-state index contributed by atoms with van der Waals surface area (Å²) in [5.74, 6) is 0.441. The first-order valence-electron chi connectivity index (χ1n) is 11.2. The van der Waals surface area contributed by atoms with E-state index in [2.05, 4.69) is 24.1 Å². The molecule has 0 unspecified atom stereocenters. The van der Waals surface area contributed by atoms with Crippen molar-refractivity contribution in [2.24, 2.45) is 5.92 Å². The Balaban J connectivity index is 1.80. The Kier molecular flexibility index (Phi) is 5.48. The summed E-state index contributed by atoms with van der Waals surface area (Å²) in [4.78, 5) is 29.4. The second kappa shape index (κ2) is 7.88. The number of rotatable bonds is 4. The number of nitrogens with one attached hydrogen (secondary N) is 1. The number of amides is 2. The molecule has 0 radical (unpaired) electrons. The van der Waals surface area contributed by atoms with Crippen LogP contribution >= 0.6 is 0 Å². The Hall–Kier alpha value is -1.84. The lowest BCUT2D eigenvalue weighted by Gasteiger charge is -2.54. The highest BCUT2D eigenvalue weighted by atomic mass is 16.2. The van der Waals surface area contributed by atoms with Gasteiger partial charge in [-0.3, -0.25) is 9.59 Å². The van der Waals surface area contributed by atoms with Crippen LogP contribution in [0.4, 0.5) is 0 Å². The monoisotopic (exact) mass is 382 g/mol. The van der Waals surface area contributed by atoms with Gasteiger partial charge in [0.15, 0.2) is 0 Å². The van der Waals surface area contributed by atoms with Crippen molar-refractivity contribution in [1.29, 1.82) is 0 Å². The predicted octanol–water partition coefficient (Wildman–Crippen LogP) is 4.64. The minimum atomic E-state index is -0.339. The third-order valence-corrected chi connectivity index (χ3v) is 7.09. The van der Waals surface area contributed by atoms with Crippen LogP contribution in [-0.2, 0) is 4.79 Å². The molecule has 1 atom stereocenters. The summed E-state index contributed by atoms with van der Waals surface area (Å²) < 4.78 is 0. The van der Waals surface area contributed by atoms with Gasteiger partial charge in [-0.15, -0.1) is 0 Å². The van der Waals surface area contributed by atoms with Gasteiger partial charge < -0.3 is 10.2 Å². The molecule has 1 aliphatic heterocycles. The maximum absolute atomic E-state index is 13.7. The number of benzene rings is 1. The minimum absolute atomic E-state index is 0.108. The van der Waals surface area contributed by atoms with Gasteiger partial charge in [0, 0.05) is 18.2 Å². The van der Waals surface area contributed by atoms with E-state index in [-0.39, 0.29) is 29.3 Å². The summed E-state index contributed by atoms with van der Waals surface area (Å²) >= 11 is 0. The highest BCUT2D eigenvalue weighted by Crippen LogP contribution is 2.52. The molecule has 2 saturated carbocycles. The van der Waals surface area contributed by atoms with Gasteiger partial charge in [-0.2, -0.15) is 0 Å². The molecule has 1 spiro atoms. The number of hydrogen-bond donors (Lipinski definition) is 1. The zero-order valence-corrected chi connectivity index (χ0v) is 17.4. The van der Waals surface area contributed by atoms with E-state index >= 15 is 0 Å². The number of hydrogen-bond acceptors (Lipinski definition) is 2. The van der Waals surface area contributed by atoms with E-state index < -0.39 is 0 Å². The summed E-state index contributed by atoms with van der Waals surface area (Å²) in [5, 5.41) is 3.21. The van der Waals surface area contributed by atoms with E-state index in [0.717, 1.165) is 49.7 Å². The van der Waals surface area contributed by atoms with Crippen LogP contribution in [0.3, 0.4) is 0 Å². The molecule has 0 saturated heterocycles. The normalized spacial score (nSPS) is 24.6. The molecule has 2 aliphatic carbocycles. The molecule has 3 aliphatic rings. The van der Waals surface area contributed by atoms with Crippen molar-refractivity contribution in [1.82, 2.24) is 10.2 Å². The van der Waals surface area contributed by atoms with Crippen LogP contribution in [0.1, 0.15) is 93.5 Å².